The van der Waals surface area contributed by atoms with Crippen LogP contribution in [0, 0.1) is 0 Å². The van der Waals surface area contributed by atoms with Crippen molar-refractivity contribution in [1.29, 1.82) is 0 Å². The number of aliphatic hydroxyl groups excluding tert-OH is 1. The van der Waals surface area contributed by atoms with Crippen LogP contribution in [0.25, 0.3) is 11.0 Å². The summed E-state index contributed by atoms with van der Waals surface area (Å²) < 4.78 is 5.85. The van der Waals surface area contributed by atoms with E-state index >= 15 is 0 Å². The molecule has 0 radical (unpaired) electrons. The number of benzene rings is 2. The number of furan rings is 1. The molecule has 5 heteroatoms. The van der Waals surface area contributed by atoms with Crippen molar-refractivity contribution in [3.8, 4) is 0 Å². The summed E-state index contributed by atoms with van der Waals surface area (Å²) in [6.45, 7) is 1.48. The van der Waals surface area contributed by atoms with Gasteiger partial charge in [-0.1, -0.05) is 24.3 Å². The molecule has 1 amide bonds. The third-order valence-electron chi connectivity index (χ3n) is 3.54. The number of fused-ring (bicyclic) bond motifs is 1. The number of carbonyl (C=O) groups is 1. The minimum absolute atomic E-state index is 0.0220. The molecule has 1 unspecified atom stereocenters. The van der Waals surface area contributed by atoms with Crippen LogP contribution in [-0.4, -0.2) is 17.6 Å². The van der Waals surface area contributed by atoms with Gasteiger partial charge in [-0.2, -0.15) is 0 Å². The van der Waals surface area contributed by atoms with E-state index in [9.17, 15) is 4.79 Å². The maximum absolute atomic E-state index is 11.2. The van der Waals surface area contributed by atoms with Gasteiger partial charge in [0.1, 0.15) is 18.0 Å². The van der Waals surface area contributed by atoms with Crippen LogP contribution in [-0.2, 0) is 4.79 Å². The second-order valence-electron chi connectivity index (χ2n) is 5.34. The van der Waals surface area contributed by atoms with Gasteiger partial charge in [-0.3, -0.25) is 4.79 Å². The van der Waals surface area contributed by atoms with E-state index in [1.807, 2.05) is 55.5 Å². The second-order valence-corrected chi connectivity index (χ2v) is 5.34. The van der Waals surface area contributed by atoms with Gasteiger partial charge in [-0.15, -0.1) is 0 Å². The van der Waals surface area contributed by atoms with Gasteiger partial charge in [0, 0.05) is 16.8 Å². The highest BCUT2D eigenvalue weighted by molar-refractivity contribution is 5.92. The number of para-hydroxylation sites is 1. The zero-order valence-electron chi connectivity index (χ0n) is 12.7. The van der Waals surface area contributed by atoms with Crippen molar-refractivity contribution in [3.05, 3.63) is 60.4 Å². The van der Waals surface area contributed by atoms with Gasteiger partial charge < -0.3 is 20.2 Å². The van der Waals surface area contributed by atoms with Gasteiger partial charge in [0.25, 0.3) is 0 Å². The normalized spacial score (nSPS) is 12.1. The molecule has 5 nitrogen and oxygen atoms in total. The zero-order valence-corrected chi connectivity index (χ0v) is 12.7. The molecule has 118 valence electrons. The number of rotatable bonds is 5. The first-order valence-electron chi connectivity index (χ1n) is 7.41. The van der Waals surface area contributed by atoms with Crippen molar-refractivity contribution in [2.24, 2.45) is 0 Å². The molecule has 0 spiro atoms. The molecule has 1 aromatic heterocycles. The first-order valence-corrected chi connectivity index (χ1v) is 7.41. The van der Waals surface area contributed by atoms with E-state index < -0.39 is 12.5 Å². The Hall–Kier alpha value is -2.79. The Balaban J connectivity index is 1.75. The summed E-state index contributed by atoms with van der Waals surface area (Å²) in [5, 5.41) is 15.8. The van der Waals surface area contributed by atoms with Crippen LogP contribution in [0.4, 0.5) is 11.4 Å². The molecule has 3 N–H and O–H groups in total. The van der Waals surface area contributed by atoms with Gasteiger partial charge >= 0.3 is 0 Å². The fourth-order valence-electron chi connectivity index (χ4n) is 2.42. The van der Waals surface area contributed by atoms with Crippen LogP contribution in [0.3, 0.4) is 0 Å². The Labute approximate surface area is 133 Å². The Morgan fingerprint density at radius 2 is 1.91 bits per heavy atom. The van der Waals surface area contributed by atoms with E-state index in [2.05, 4.69) is 10.6 Å². The predicted molar refractivity (Wildman–Crippen MR) is 90.4 cm³/mol. The molecule has 0 aliphatic heterocycles. The van der Waals surface area contributed by atoms with Crippen LogP contribution in [0.2, 0.25) is 0 Å². The summed E-state index contributed by atoms with van der Waals surface area (Å²) in [5.74, 6) is 0.406. The van der Waals surface area contributed by atoms with Crippen molar-refractivity contribution >= 4 is 28.3 Å². The molecule has 3 aromatic rings. The van der Waals surface area contributed by atoms with Gasteiger partial charge in [0.05, 0.1) is 6.04 Å². The SMILES string of the molecule is CC(Nc1cccc(NC(=O)CO)c1)c1cc2ccccc2o1. The molecule has 0 saturated heterocycles. The number of aliphatic hydroxyl groups is 1. The molecular weight excluding hydrogens is 292 g/mol. The van der Waals surface area contributed by atoms with E-state index in [0.29, 0.717) is 5.69 Å². The lowest BCUT2D eigenvalue weighted by atomic mass is 10.2. The average molecular weight is 310 g/mol. The summed E-state index contributed by atoms with van der Waals surface area (Å²) in [4.78, 5) is 11.2. The topological polar surface area (TPSA) is 74.5 Å². The fourth-order valence-corrected chi connectivity index (χ4v) is 2.42. The number of amides is 1. The summed E-state index contributed by atoms with van der Waals surface area (Å²) in [6, 6.07) is 17.2. The highest BCUT2D eigenvalue weighted by Crippen LogP contribution is 2.27. The van der Waals surface area contributed by atoms with Crippen molar-refractivity contribution in [2.75, 3.05) is 17.2 Å². The highest BCUT2D eigenvalue weighted by Gasteiger charge is 2.11. The lowest BCUT2D eigenvalue weighted by molar-refractivity contribution is -0.118. The zero-order chi connectivity index (χ0) is 16.2. The molecule has 1 heterocycles. The highest BCUT2D eigenvalue weighted by atomic mass is 16.3. The largest absolute Gasteiger partial charge is 0.459 e. The lowest BCUT2D eigenvalue weighted by Crippen LogP contribution is -2.15. The minimum Gasteiger partial charge on any atom is -0.459 e. The molecule has 2 aromatic carbocycles. The molecule has 23 heavy (non-hydrogen) atoms. The quantitative estimate of drug-likeness (QED) is 0.674. The lowest BCUT2D eigenvalue weighted by Gasteiger charge is -2.14. The number of hydrogen-bond donors (Lipinski definition) is 3. The van der Waals surface area contributed by atoms with Crippen molar-refractivity contribution in [3.63, 3.8) is 0 Å². The van der Waals surface area contributed by atoms with E-state index in [1.165, 1.54) is 0 Å². The summed E-state index contributed by atoms with van der Waals surface area (Å²) in [6.07, 6.45) is 0. The molecule has 0 aliphatic rings. The number of carbonyl (C=O) groups excluding carboxylic acids is 1. The third-order valence-corrected chi connectivity index (χ3v) is 3.54. The average Bonchev–Trinajstić information content (AvgIpc) is 2.99. The number of nitrogens with one attached hydrogen (secondary N) is 2. The van der Waals surface area contributed by atoms with Crippen LogP contribution >= 0.6 is 0 Å². The maximum Gasteiger partial charge on any atom is 0.250 e. The molecule has 3 rings (SSSR count). The molecule has 0 bridgehead atoms. The Bertz CT molecular complexity index is 793. The van der Waals surface area contributed by atoms with E-state index in [4.69, 9.17) is 9.52 Å². The summed E-state index contributed by atoms with van der Waals surface area (Å²) >= 11 is 0. The van der Waals surface area contributed by atoms with Crippen LogP contribution < -0.4 is 10.6 Å². The van der Waals surface area contributed by atoms with Crippen LogP contribution in [0.5, 0.6) is 0 Å². The molecule has 0 aliphatic carbocycles. The molecular formula is C18H18N2O3. The van der Waals surface area contributed by atoms with Gasteiger partial charge in [-0.25, -0.2) is 0 Å². The Morgan fingerprint density at radius 1 is 1.13 bits per heavy atom. The summed E-state index contributed by atoms with van der Waals surface area (Å²) in [7, 11) is 0. The standard InChI is InChI=1S/C18H18N2O3/c1-12(17-9-13-5-2-3-8-16(13)23-17)19-14-6-4-7-15(10-14)20-18(22)11-21/h2-10,12,19,21H,11H2,1H3,(H,20,22). The van der Waals surface area contributed by atoms with Crippen molar-refractivity contribution in [1.82, 2.24) is 0 Å². The van der Waals surface area contributed by atoms with E-state index in [-0.39, 0.29) is 6.04 Å². The van der Waals surface area contributed by atoms with Gasteiger partial charge in [0.2, 0.25) is 5.91 Å². The molecule has 1 atom stereocenters. The maximum atomic E-state index is 11.2. The van der Waals surface area contributed by atoms with Gasteiger partial charge in [0.15, 0.2) is 0 Å². The molecule has 0 saturated carbocycles. The number of anilines is 2. The van der Waals surface area contributed by atoms with E-state index in [1.54, 1.807) is 6.07 Å². The van der Waals surface area contributed by atoms with Crippen molar-refractivity contribution < 1.29 is 14.3 Å². The van der Waals surface area contributed by atoms with Crippen LogP contribution in [0.1, 0.15) is 18.7 Å². The number of hydrogen-bond acceptors (Lipinski definition) is 4. The Kier molecular flexibility index (Phi) is 4.30. The second kappa shape index (κ2) is 6.54. The van der Waals surface area contributed by atoms with Gasteiger partial charge in [-0.05, 0) is 37.3 Å². The molecule has 0 fully saturated rings. The summed E-state index contributed by atoms with van der Waals surface area (Å²) in [5.41, 5.74) is 2.35. The van der Waals surface area contributed by atoms with Crippen LogP contribution in [0.15, 0.2) is 59.0 Å². The predicted octanol–water partition coefficient (Wildman–Crippen LogP) is 3.54. The minimum atomic E-state index is -0.535. The Morgan fingerprint density at radius 3 is 2.70 bits per heavy atom. The van der Waals surface area contributed by atoms with E-state index in [0.717, 1.165) is 22.4 Å². The fraction of sp³-hybridized carbons (Fsp3) is 0.167. The first-order chi connectivity index (χ1) is 11.2. The third kappa shape index (κ3) is 3.52. The smallest absolute Gasteiger partial charge is 0.250 e. The van der Waals surface area contributed by atoms with Crippen molar-refractivity contribution in [2.45, 2.75) is 13.0 Å². The first kappa shape index (κ1) is 15.1. The monoisotopic (exact) mass is 310 g/mol.